The standard InChI is InChI=1S/C19H22N2S/c1-15-9-10-18-17(14-15)8-5-13-21(18)19(22)20-12-11-16-6-3-2-4-7-16/h2-4,6-7,9-10,14H,5,8,11-13H2,1H3,(H,20,22). The van der Waals surface area contributed by atoms with E-state index in [1.807, 2.05) is 6.07 Å². The largest absolute Gasteiger partial charge is 0.362 e. The van der Waals surface area contributed by atoms with Crippen LogP contribution in [-0.4, -0.2) is 18.2 Å². The van der Waals surface area contributed by atoms with Crippen molar-refractivity contribution in [1.29, 1.82) is 0 Å². The van der Waals surface area contributed by atoms with E-state index in [-0.39, 0.29) is 0 Å². The molecular weight excluding hydrogens is 288 g/mol. The normalized spacial score (nSPS) is 13.6. The molecule has 1 N–H and O–H groups in total. The predicted molar refractivity (Wildman–Crippen MR) is 97.6 cm³/mol. The summed E-state index contributed by atoms with van der Waals surface area (Å²) in [5.74, 6) is 0. The summed E-state index contributed by atoms with van der Waals surface area (Å²) < 4.78 is 0. The van der Waals surface area contributed by atoms with Gasteiger partial charge in [-0.15, -0.1) is 0 Å². The van der Waals surface area contributed by atoms with Gasteiger partial charge in [0.1, 0.15) is 0 Å². The molecule has 0 amide bonds. The summed E-state index contributed by atoms with van der Waals surface area (Å²) in [5, 5.41) is 4.26. The summed E-state index contributed by atoms with van der Waals surface area (Å²) in [7, 11) is 0. The zero-order valence-corrected chi connectivity index (χ0v) is 13.8. The molecule has 2 nitrogen and oxygen atoms in total. The van der Waals surface area contributed by atoms with E-state index in [1.165, 1.54) is 22.4 Å². The van der Waals surface area contributed by atoms with Crippen molar-refractivity contribution in [3.63, 3.8) is 0 Å². The number of thiocarbonyl (C=S) groups is 1. The molecule has 114 valence electrons. The molecule has 22 heavy (non-hydrogen) atoms. The monoisotopic (exact) mass is 310 g/mol. The summed E-state index contributed by atoms with van der Waals surface area (Å²) in [6.45, 7) is 4.03. The Bertz CT molecular complexity index is 652. The number of hydrogen-bond donors (Lipinski definition) is 1. The third kappa shape index (κ3) is 3.47. The molecule has 0 aliphatic carbocycles. The van der Waals surface area contributed by atoms with Gasteiger partial charge in [-0.1, -0.05) is 48.0 Å². The molecule has 0 spiro atoms. The molecule has 1 aliphatic rings. The Kier molecular flexibility index (Phi) is 4.74. The van der Waals surface area contributed by atoms with Crippen LogP contribution in [0.5, 0.6) is 0 Å². The Morgan fingerprint density at radius 1 is 1.18 bits per heavy atom. The van der Waals surface area contributed by atoms with Gasteiger partial charge >= 0.3 is 0 Å². The lowest BCUT2D eigenvalue weighted by Crippen LogP contribution is -2.43. The minimum absolute atomic E-state index is 0.848. The van der Waals surface area contributed by atoms with E-state index in [9.17, 15) is 0 Å². The van der Waals surface area contributed by atoms with Crippen molar-refractivity contribution in [2.45, 2.75) is 26.2 Å². The number of anilines is 1. The lowest BCUT2D eigenvalue weighted by atomic mass is 10.00. The Labute approximate surface area is 138 Å². The van der Waals surface area contributed by atoms with Gasteiger partial charge in [0, 0.05) is 18.8 Å². The summed E-state index contributed by atoms with van der Waals surface area (Å²) in [4.78, 5) is 2.25. The number of benzene rings is 2. The van der Waals surface area contributed by atoms with Gasteiger partial charge in [-0.3, -0.25) is 0 Å². The molecule has 1 aliphatic heterocycles. The van der Waals surface area contributed by atoms with Crippen LogP contribution in [0.3, 0.4) is 0 Å². The molecule has 0 bridgehead atoms. The molecule has 0 aromatic heterocycles. The van der Waals surface area contributed by atoms with Gasteiger partial charge in [0.2, 0.25) is 0 Å². The van der Waals surface area contributed by atoms with Crippen LogP contribution in [-0.2, 0) is 12.8 Å². The SMILES string of the molecule is Cc1ccc2c(c1)CCCN2C(=S)NCCc1ccccc1. The molecule has 2 aromatic rings. The second-order valence-electron chi connectivity index (χ2n) is 5.85. The Hall–Kier alpha value is -1.87. The first kappa shape index (κ1) is 15.0. The van der Waals surface area contributed by atoms with Crippen LogP contribution >= 0.6 is 12.2 Å². The third-order valence-corrected chi connectivity index (χ3v) is 4.50. The summed E-state index contributed by atoms with van der Waals surface area (Å²) in [5.41, 5.74) is 5.35. The Morgan fingerprint density at radius 2 is 2.00 bits per heavy atom. The van der Waals surface area contributed by atoms with Gasteiger partial charge in [0.25, 0.3) is 0 Å². The van der Waals surface area contributed by atoms with E-state index < -0.39 is 0 Å². The smallest absolute Gasteiger partial charge is 0.173 e. The number of nitrogens with one attached hydrogen (secondary N) is 1. The number of aryl methyl sites for hydroxylation is 2. The first-order chi connectivity index (χ1) is 10.7. The average molecular weight is 310 g/mol. The van der Waals surface area contributed by atoms with Crippen LogP contribution < -0.4 is 10.2 Å². The Balaban J connectivity index is 1.62. The quantitative estimate of drug-likeness (QED) is 0.867. The third-order valence-electron chi connectivity index (χ3n) is 4.13. The number of nitrogens with zero attached hydrogens (tertiary/aromatic N) is 1. The van der Waals surface area contributed by atoms with Gasteiger partial charge < -0.3 is 10.2 Å². The minimum atomic E-state index is 0.848. The molecular formula is C19H22N2S. The van der Waals surface area contributed by atoms with Crippen molar-refractivity contribution in [1.82, 2.24) is 5.32 Å². The number of fused-ring (bicyclic) bond motifs is 1. The van der Waals surface area contributed by atoms with Gasteiger partial charge in [-0.2, -0.15) is 0 Å². The summed E-state index contributed by atoms with van der Waals surface area (Å²) in [6.07, 6.45) is 3.31. The lowest BCUT2D eigenvalue weighted by Gasteiger charge is -2.32. The molecule has 0 radical (unpaired) electrons. The first-order valence-corrected chi connectivity index (χ1v) is 8.34. The number of hydrogen-bond acceptors (Lipinski definition) is 1. The fraction of sp³-hybridized carbons (Fsp3) is 0.316. The minimum Gasteiger partial charge on any atom is -0.362 e. The fourth-order valence-corrected chi connectivity index (χ4v) is 3.28. The van der Waals surface area contributed by atoms with Crippen LogP contribution in [0, 0.1) is 6.92 Å². The highest BCUT2D eigenvalue weighted by Gasteiger charge is 2.19. The van der Waals surface area contributed by atoms with Crippen LogP contribution in [0.2, 0.25) is 0 Å². The van der Waals surface area contributed by atoms with Crippen molar-refractivity contribution in [3.8, 4) is 0 Å². The van der Waals surface area contributed by atoms with Gasteiger partial charge in [-0.05, 0) is 55.6 Å². The van der Waals surface area contributed by atoms with Gasteiger partial charge in [0.05, 0.1) is 0 Å². The van der Waals surface area contributed by atoms with E-state index in [1.54, 1.807) is 0 Å². The maximum absolute atomic E-state index is 5.61. The van der Waals surface area contributed by atoms with Gasteiger partial charge in [0.15, 0.2) is 5.11 Å². The van der Waals surface area contributed by atoms with E-state index in [4.69, 9.17) is 12.2 Å². The van der Waals surface area contributed by atoms with Crippen LogP contribution in [0.25, 0.3) is 0 Å². The molecule has 0 saturated heterocycles. The predicted octanol–water partition coefficient (Wildman–Crippen LogP) is 3.86. The molecule has 0 atom stereocenters. The average Bonchev–Trinajstić information content (AvgIpc) is 2.55. The van der Waals surface area contributed by atoms with Crippen molar-refractivity contribution < 1.29 is 0 Å². The highest BCUT2D eigenvalue weighted by Crippen LogP contribution is 2.27. The molecule has 3 heteroatoms. The van der Waals surface area contributed by atoms with E-state index in [0.29, 0.717) is 0 Å². The summed E-state index contributed by atoms with van der Waals surface area (Å²) >= 11 is 5.61. The first-order valence-electron chi connectivity index (χ1n) is 7.93. The van der Waals surface area contributed by atoms with E-state index in [0.717, 1.165) is 37.5 Å². The maximum Gasteiger partial charge on any atom is 0.173 e. The van der Waals surface area contributed by atoms with Gasteiger partial charge in [-0.25, -0.2) is 0 Å². The fourth-order valence-electron chi connectivity index (χ4n) is 2.99. The maximum atomic E-state index is 5.61. The highest BCUT2D eigenvalue weighted by molar-refractivity contribution is 7.80. The molecule has 0 fully saturated rings. The lowest BCUT2D eigenvalue weighted by molar-refractivity contribution is 0.760. The molecule has 3 rings (SSSR count). The Morgan fingerprint density at radius 3 is 2.82 bits per heavy atom. The van der Waals surface area contributed by atoms with Crippen molar-refractivity contribution in [2.75, 3.05) is 18.0 Å². The van der Waals surface area contributed by atoms with E-state index in [2.05, 4.69) is 59.6 Å². The molecule has 0 saturated carbocycles. The molecule has 1 heterocycles. The second-order valence-corrected chi connectivity index (χ2v) is 6.24. The second kappa shape index (κ2) is 6.93. The van der Waals surface area contributed by atoms with E-state index >= 15 is 0 Å². The van der Waals surface area contributed by atoms with Crippen molar-refractivity contribution in [3.05, 3.63) is 65.2 Å². The van der Waals surface area contributed by atoms with Crippen molar-refractivity contribution in [2.24, 2.45) is 0 Å². The zero-order valence-electron chi connectivity index (χ0n) is 13.0. The van der Waals surface area contributed by atoms with Crippen LogP contribution in [0.15, 0.2) is 48.5 Å². The topological polar surface area (TPSA) is 15.3 Å². The van der Waals surface area contributed by atoms with Crippen molar-refractivity contribution >= 4 is 23.0 Å². The number of rotatable bonds is 3. The molecule has 2 aromatic carbocycles. The summed E-state index contributed by atoms with van der Waals surface area (Å²) in [6, 6.07) is 17.2. The molecule has 0 unspecified atom stereocenters. The zero-order chi connectivity index (χ0) is 15.4. The van der Waals surface area contributed by atoms with Crippen LogP contribution in [0.4, 0.5) is 5.69 Å². The van der Waals surface area contributed by atoms with Crippen LogP contribution in [0.1, 0.15) is 23.1 Å². The highest BCUT2D eigenvalue weighted by atomic mass is 32.1.